The van der Waals surface area contributed by atoms with Crippen LogP contribution in [-0.2, 0) is 5.54 Å². The van der Waals surface area contributed by atoms with Crippen LogP contribution in [0.4, 0.5) is 13.2 Å². The van der Waals surface area contributed by atoms with Gasteiger partial charge in [-0.25, -0.2) is 0 Å². The monoisotopic (exact) mass is 344 g/mol. The molecule has 0 aliphatic carbocycles. The average molecular weight is 344 g/mol. The lowest BCUT2D eigenvalue weighted by Gasteiger charge is -2.38. The molecule has 0 amide bonds. The van der Waals surface area contributed by atoms with Crippen molar-refractivity contribution in [2.45, 2.75) is 69.9 Å². The Morgan fingerprint density at radius 1 is 1.04 bits per heavy atom. The van der Waals surface area contributed by atoms with Crippen molar-refractivity contribution < 1.29 is 13.2 Å². The van der Waals surface area contributed by atoms with Crippen molar-refractivity contribution in [3.8, 4) is 11.5 Å². The topological polar surface area (TPSA) is 41.8 Å². The van der Waals surface area contributed by atoms with Crippen LogP contribution in [0.15, 0.2) is 18.3 Å². The highest BCUT2D eigenvalue weighted by Crippen LogP contribution is 2.42. The summed E-state index contributed by atoms with van der Waals surface area (Å²) in [5, 5.41) is 0. The predicted octanol–water partition coefficient (Wildman–Crippen LogP) is 4.95. The molecular weight excluding hydrogens is 317 g/mol. The maximum Gasteiger partial charge on any atom is 0.423 e. The van der Waals surface area contributed by atoms with Gasteiger partial charge in [-0.05, 0) is 28.8 Å². The fraction of sp³-hybridized carbons (Fsp3) is 0.647. The van der Waals surface area contributed by atoms with Crippen molar-refractivity contribution in [2.24, 2.45) is 5.73 Å². The van der Waals surface area contributed by atoms with Gasteiger partial charge in [0.15, 0.2) is 0 Å². The molecule has 0 fully saturated rings. The molecule has 0 saturated heterocycles. The van der Waals surface area contributed by atoms with Gasteiger partial charge in [0.05, 0.1) is 5.69 Å². The molecule has 1 aromatic rings. The summed E-state index contributed by atoms with van der Waals surface area (Å²) in [5.41, 5.74) is 6.80. The lowest BCUT2D eigenvalue weighted by atomic mass is 9.97. The standard InChI is InChI=1S/C17H27F3N2Si/c1-12(2)23(13(3)4,14(5)6)11-9-16(21,17(18,19)20)15-8-7-10-22-15/h7-8,10,12-14,22H,21H2,1-6H3/t16-/m1/s1. The molecule has 0 unspecified atom stereocenters. The molecule has 2 nitrogen and oxygen atoms in total. The van der Waals surface area contributed by atoms with Gasteiger partial charge in [-0.2, -0.15) is 13.2 Å². The molecule has 0 aromatic carbocycles. The van der Waals surface area contributed by atoms with Crippen LogP contribution < -0.4 is 5.73 Å². The minimum Gasteiger partial charge on any atom is -0.362 e. The third-order valence-corrected chi connectivity index (χ3v) is 11.1. The van der Waals surface area contributed by atoms with Crippen LogP contribution in [0.2, 0.25) is 16.6 Å². The lowest BCUT2D eigenvalue weighted by Crippen LogP contribution is -2.51. The first-order valence-electron chi connectivity index (χ1n) is 7.93. The minimum atomic E-state index is -4.64. The first-order valence-corrected chi connectivity index (χ1v) is 10.2. The number of hydrogen-bond acceptors (Lipinski definition) is 1. The van der Waals surface area contributed by atoms with E-state index in [-0.39, 0.29) is 22.3 Å². The number of alkyl halides is 3. The Morgan fingerprint density at radius 3 is 1.83 bits per heavy atom. The van der Waals surface area contributed by atoms with E-state index in [0.717, 1.165) is 0 Å². The maximum atomic E-state index is 13.6. The number of rotatable bonds is 4. The Bertz CT molecular complexity index is 543. The summed E-state index contributed by atoms with van der Waals surface area (Å²) in [6, 6.07) is 2.84. The van der Waals surface area contributed by atoms with Gasteiger partial charge < -0.3 is 10.7 Å². The van der Waals surface area contributed by atoms with Crippen molar-refractivity contribution in [3.63, 3.8) is 0 Å². The van der Waals surface area contributed by atoms with Crippen molar-refractivity contribution in [2.75, 3.05) is 0 Å². The summed E-state index contributed by atoms with van der Waals surface area (Å²) in [4.78, 5) is 2.58. The highest BCUT2D eigenvalue weighted by atomic mass is 28.3. The highest BCUT2D eigenvalue weighted by Gasteiger charge is 2.54. The summed E-state index contributed by atoms with van der Waals surface area (Å²) in [7, 11) is -2.28. The van der Waals surface area contributed by atoms with Gasteiger partial charge in [0.2, 0.25) is 5.54 Å². The molecule has 0 bridgehead atoms. The number of nitrogens with two attached hydrogens (primary N) is 1. The molecule has 0 radical (unpaired) electrons. The highest BCUT2D eigenvalue weighted by molar-refractivity contribution is 6.90. The van der Waals surface area contributed by atoms with Crippen LogP contribution in [0.1, 0.15) is 47.2 Å². The van der Waals surface area contributed by atoms with Crippen molar-refractivity contribution >= 4 is 8.07 Å². The van der Waals surface area contributed by atoms with E-state index in [1.165, 1.54) is 18.3 Å². The summed E-state index contributed by atoms with van der Waals surface area (Å²) in [6.07, 6.45) is -3.21. The van der Waals surface area contributed by atoms with Gasteiger partial charge in [-0.15, -0.1) is 5.54 Å². The zero-order chi connectivity index (χ0) is 18.1. The maximum absolute atomic E-state index is 13.6. The Morgan fingerprint density at radius 2 is 1.52 bits per heavy atom. The quantitative estimate of drug-likeness (QED) is 0.589. The first-order chi connectivity index (χ1) is 10.4. The second kappa shape index (κ2) is 6.74. The van der Waals surface area contributed by atoms with E-state index in [0.29, 0.717) is 0 Å². The van der Waals surface area contributed by atoms with E-state index >= 15 is 0 Å². The molecule has 6 heteroatoms. The van der Waals surface area contributed by atoms with Crippen LogP contribution in [0.25, 0.3) is 0 Å². The molecule has 0 saturated carbocycles. The minimum absolute atomic E-state index is 0.114. The predicted molar refractivity (Wildman–Crippen MR) is 91.5 cm³/mol. The van der Waals surface area contributed by atoms with Crippen molar-refractivity contribution in [1.29, 1.82) is 0 Å². The zero-order valence-electron chi connectivity index (χ0n) is 14.7. The van der Waals surface area contributed by atoms with Crippen LogP contribution in [0, 0.1) is 11.5 Å². The van der Waals surface area contributed by atoms with E-state index in [2.05, 4.69) is 58.0 Å². The fourth-order valence-electron chi connectivity index (χ4n) is 3.51. The summed E-state index contributed by atoms with van der Waals surface area (Å²) in [6.45, 7) is 12.3. The Labute approximate surface area is 138 Å². The van der Waals surface area contributed by atoms with Gasteiger partial charge in [0, 0.05) is 6.20 Å². The summed E-state index contributed by atoms with van der Waals surface area (Å²) < 4.78 is 40.8. The van der Waals surface area contributed by atoms with E-state index in [4.69, 9.17) is 5.73 Å². The SMILES string of the molecule is CC(C)[Si](C#C[C@@](N)(c1ccc[nH]1)C(F)(F)F)(C(C)C)C(C)C. The second-order valence-corrected chi connectivity index (χ2v) is 12.6. The van der Waals surface area contributed by atoms with Gasteiger partial charge in [0.25, 0.3) is 0 Å². The van der Waals surface area contributed by atoms with Gasteiger partial charge >= 0.3 is 6.18 Å². The normalized spacial score (nSPS) is 15.7. The first kappa shape index (κ1) is 19.9. The molecule has 1 heterocycles. The fourth-order valence-corrected chi connectivity index (χ4v) is 8.79. The lowest BCUT2D eigenvalue weighted by molar-refractivity contribution is -0.172. The Kier molecular flexibility index (Phi) is 5.82. The van der Waals surface area contributed by atoms with Crippen molar-refractivity contribution in [3.05, 3.63) is 24.0 Å². The molecule has 23 heavy (non-hydrogen) atoms. The van der Waals surface area contributed by atoms with E-state index < -0.39 is 19.8 Å². The summed E-state index contributed by atoms with van der Waals surface area (Å²) >= 11 is 0. The molecule has 0 aliphatic rings. The molecule has 1 atom stereocenters. The number of H-pyrrole nitrogens is 1. The van der Waals surface area contributed by atoms with Crippen LogP contribution in [0.5, 0.6) is 0 Å². The smallest absolute Gasteiger partial charge is 0.362 e. The molecular formula is C17H27F3N2Si. The number of hydrogen-bond donors (Lipinski definition) is 2. The summed E-state index contributed by atoms with van der Waals surface area (Å²) in [5.74, 6) is 2.46. The molecule has 130 valence electrons. The van der Waals surface area contributed by atoms with Gasteiger partial charge in [-0.1, -0.05) is 47.5 Å². The molecule has 0 aliphatic heterocycles. The molecule has 1 rings (SSSR count). The van der Waals surface area contributed by atoms with Crippen LogP contribution in [0.3, 0.4) is 0 Å². The van der Waals surface area contributed by atoms with Gasteiger partial charge in [0.1, 0.15) is 8.07 Å². The van der Waals surface area contributed by atoms with E-state index in [9.17, 15) is 13.2 Å². The van der Waals surface area contributed by atoms with E-state index in [1.807, 2.05) is 0 Å². The molecule has 1 aromatic heterocycles. The van der Waals surface area contributed by atoms with Gasteiger partial charge in [-0.3, -0.25) is 0 Å². The third-order valence-electron chi connectivity index (χ3n) is 4.81. The van der Waals surface area contributed by atoms with Crippen LogP contribution in [-0.4, -0.2) is 19.2 Å². The number of aromatic nitrogens is 1. The average Bonchev–Trinajstić information content (AvgIpc) is 2.90. The number of nitrogens with one attached hydrogen (secondary N) is 1. The zero-order valence-corrected chi connectivity index (χ0v) is 15.7. The van der Waals surface area contributed by atoms with E-state index in [1.54, 1.807) is 0 Å². The van der Waals surface area contributed by atoms with Crippen LogP contribution >= 0.6 is 0 Å². The number of aromatic amines is 1. The molecule has 3 N–H and O–H groups in total. The Hall–Kier alpha value is -1.19. The van der Waals surface area contributed by atoms with Crippen molar-refractivity contribution in [1.82, 2.24) is 4.98 Å². The largest absolute Gasteiger partial charge is 0.423 e. The number of halogens is 3. The third kappa shape index (κ3) is 3.51. The second-order valence-electron chi connectivity index (χ2n) is 7.04. The molecule has 0 spiro atoms. The Balaban J connectivity index is 3.53.